The summed E-state index contributed by atoms with van der Waals surface area (Å²) in [5.41, 5.74) is 1.44. The summed E-state index contributed by atoms with van der Waals surface area (Å²) in [6.45, 7) is 2.30. The molecule has 2 aromatic rings. The van der Waals surface area contributed by atoms with Crippen LogP contribution in [-0.2, 0) is 16.1 Å². The van der Waals surface area contributed by atoms with E-state index in [9.17, 15) is 9.59 Å². The lowest BCUT2D eigenvalue weighted by atomic mass is 9.97. The van der Waals surface area contributed by atoms with Crippen molar-refractivity contribution in [2.24, 2.45) is 0 Å². The van der Waals surface area contributed by atoms with Gasteiger partial charge in [0.1, 0.15) is 6.10 Å². The van der Waals surface area contributed by atoms with E-state index in [1.54, 1.807) is 6.07 Å². The van der Waals surface area contributed by atoms with Gasteiger partial charge in [-0.15, -0.1) is 0 Å². The molecule has 1 aliphatic carbocycles. The van der Waals surface area contributed by atoms with E-state index in [4.69, 9.17) is 4.74 Å². The molecule has 1 heterocycles. The molecule has 1 atom stereocenters. The number of nitrogens with one attached hydrogen (secondary N) is 2. The fraction of sp³-hybridized carbons (Fsp3) is 0.500. The minimum absolute atomic E-state index is 0.0996. The summed E-state index contributed by atoms with van der Waals surface area (Å²) >= 11 is 0. The molecule has 3 rings (SSSR count). The monoisotopic (exact) mass is 342 g/mol. The third kappa shape index (κ3) is 4.48. The van der Waals surface area contributed by atoms with Crippen LogP contribution in [0.25, 0.3) is 10.9 Å². The second-order valence-electron chi connectivity index (χ2n) is 6.72. The maximum atomic E-state index is 12.5. The van der Waals surface area contributed by atoms with Crippen molar-refractivity contribution in [1.29, 1.82) is 0 Å². The summed E-state index contributed by atoms with van der Waals surface area (Å²) in [7, 11) is 0. The number of pyridine rings is 1. The first-order chi connectivity index (χ1) is 12.2. The van der Waals surface area contributed by atoms with E-state index in [0.717, 1.165) is 29.3 Å². The number of aromatic nitrogens is 1. The highest BCUT2D eigenvalue weighted by Gasteiger charge is 2.23. The summed E-state index contributed by atoms with van der Waals surface area (Å²) in [5.74, 6) is -0.0996. The van der Waals surface area contributed by atoms with Crippen LogP contribution < -0.4 is 10.9 Å². The molecule has 1 fully saturated rings. The zero-order valence-corrected chi connectivity index (χ0v) is 14.7. The maximum absolute atomic E-state index is 12.5. The number of para-hydroxylation sites is 1. The lowest BCUT2D eigenvalue weighted by Gasteiger charge is -2.26. The quantitative estimate of drug-likeness (QED) is 0.846. The summed E-state index contributed by atoms with van der Waals surface area (Å²) in [5, 5.41) is 3.89. The van der Waals surface area contributed by atoms with E-state index in [2.05, 4.69) is 10.3 Å². The average Bonchev–Trinajstić information content (AvgIpc) is 2.64. The Kier molecular flexibility index (Phi) is 5.87. The first-order valence-corrected chi connectivity index (χ1v) is 9.21. The molecule has 25 heavy (non-hydrogen) atoms. The zero-order valence-electron chi connectivity index (χ0n) is 14.7. The predicted molar refractivity (Wildman–Crippen MR) is 98.5 cm³/mol. The maximum Gasteiger partial charge on any atom is 0.249 e. The number of rotatable bonds is 6. The molecule has 1 unspecified atom stereocenters. The molecule has 1 amide bonds. The number of aromatic amines is 1. The molecule has 1 aromatic heterocycles. The van der Waals surface area contributed by atoms with Crippen molar-refractivity contribution in [3.05, 3.63) is 46.2 Å². The summed E-state index contributed by atoms with van der Waals surface area (Å²) < 4.78 is 6.02. The first kappa shape index (κ1) is 17.7. The average molecular weight is 342 g/mol. The van der Waals surface area contributed by atoms with Gasteiger partial charge in [0.2, 0.25) is 11.5 Å². The molecular formula is C20H26N2O3. The highest BCUT2D eigenvalue weighted by atomic mass is 16.5. The van der Waals surface area contributed by atoms with E-state index in [-0.39, 0.29) is 17.6 Å². The van der Waals surface area contributed by atoms with E-state index in [0.29, 0.717) is 13.0 Å². The Morgan fingerprint density at radius 2 is 2.04 bits per heavy atom. The minimum Gasteiger partial charge on any atom is -0.365 e. The number of ether oxygens (including phenoxy) is 1. The van der Waals surface area contributed by atoms with Crippen LogP contribution in [0.4, 0.5) is 0 Å². The smallest absolute Gasteiger partial charge is 0.249 e. The van der Waals surface area contributed by atoms with Crippen molar-refractivity contribution in [2.75, 3.05) is 0 Å². The van der Waals surface area contributed by atoms with Gasteiger partial charge in [-0.25, -0.2) is 0 Å². The van der Waals surface area contributed by atoms with Gasteiger partial charge in [0.25, 0.3) is 0 Å². The molecule has 0 saturated heterocycles. The molecule has 0 bridgehead atoms. The molecule has 5 nitrogen and oxygen atoms in total. The van der Waals surface area contributed by atoms with Gasteiger partial charge in [-0.1, -0.05) is 44.4 Å². The molecule has 1 saturated carbocycles. The van der Waals surface area contributed by atoms with Gasteiger partial charge in [0, 0.05) is 23.5 Å². The molecule has 0 radical (unpaired) electrons. The fourth-order valence-corrected chi connectivity index (χ4v) is 3.50. The minimum atomic E-state index is -0.420. The third-order valence-electron chi connectivity index (χ3n) is 4.86. The normalized spacial score (nSPS) is 16.7. The van der Waals surface area contributed by atoms with E-state index in [1.165, 1.54) is 19.3 Å². The Hall–Kier alpha value is -2.14. The van der Waals surface area contributed by atoms with Gasteiger partial charge in [-0.3, -0.25) is 9.59 Å². The molecule has 1 aromatic carbocycles. The Labute approximate surface area is 147 Å². The second-order valence-corrected chi connectivity index (χ2v) is 6.72. The van der Waals surface area contributed by atoms with Crippen LogP contribution in [0.1, 0.15) is 51.0 Å². The fourth-order valence-electron chi connectivity index (χ4n) is 3.50. The van der Waals surface area contributed by atoms with E-state index >= 15 is 0 Å². The number of carbonyl (C=O) groups excluding carboxylic acids is 1. The predicted octanol–water partition coefficient (Wildman–Crippen LogP) is 3.27. The van der Waals surface area contributed by atoms with Crippen molar-refractivity contribution in [3.8, 4) is 0 Å². The van der Waals surface area contributed by atoms with Crippen molar-refractivity contribution >= 4 is 16.8 Å². The molecule has 0 aliphatic heterocycles. The van der Waals surface area contributed by atoms with Crippen molar-refractivity contribution in [3.63, 3.8) is 0 Å². The van der Waals surface area contributed by atoms with Crippen LogP contribution in [0.15, 0.2) is 35.1 Å². The highest BCUT2D eigenvalue weighted by Crippen LogP contribution is 2.22. The number of benzene rings is 1. The van der Waals surface area contributed by atoms with Crippen LogP contribution in [-0.4, -0.2) is 23.1 Å². The van der Waals surface area contributed by atoms with Crippen LogP contribution in [0.2, 0.25) is 0 Å². The van der Waals surface area contributed by atoms with E-state index < -0.39 is 6.10 Å². The molecule has 134 valence electrons. The molecule has 0 spiro atoms. The number of amides is 1. The van der Waals surface area contributed by atoms with Crippen LogP contribution >= 0.6 is 0 Å². The van der Waals surface area contributed by atoms with Gasteiger partial charge < -0.3 is 15.0 Å². The number of fused-ring (bicyclic) bond motifs is 1. The molecule has 5 heteroatoms. The lowest BCUT2D eigenvalue weighted by molar-refractivity contribution is -0.138. The second kappa shape index (κ2) is 8.30. The summed E-state index contributed by atoms with van der Waals surface area (Å²) in [6.07, 6.45) is 6.14. The standard InChI is InChI=1S/C20H26N2O3/c1-2-18(25-15-8-4-3-5-9-15)20(24)21-13-14-12-19(23)22-17-11-7-6-10-16(14)17/h6-7,10-12,15,18H,2-5,8-9,13H2,1H3,(H,21,24)(H,22,23). The molecular weight excluding hydrogens is 316 g/mol. The summed E-state index contributed by atoms with van der Waals surface area (Å²) in [4.78, 5) is 27.1. The Morgan fingerprint density at radius 3 is 2.80 bits per heavy atom. The van der Waals surface area contributed by atoms with Gasteiger partial charge in [-0.2, -0.15) is 0 Å². The number of carbonyl (C=O) groups is 1. The SMILES string of the molecule is CCC(OC1CCCCC1)C(=O)NCc1cc(=O)[nH]c2ccccc12. The van der Waals surface area contributed by atoms with Crippen LogP contribution in [0.5, 0.6) is 0 Å². The topological polar surface area (TPSA) is 71.2 Å². The number of H-pyrrole nitrogens is 1. The van der Waals surface area contributed by atoms with E-state index in [1.807, 2.05) is 31.2 Å². The van der Waals surface area contributed by atoms with Crippen molar-refractivity contribution < 1.29 is 9.53 Å². The molecule has 2 N–H and O–H groups in total. The zero-order chi connectivity index (χ0) is 17.6. The van der Waals surface area contributed by atoms with Gasteiger partial charge in [-0.05, 0) is 30.9 Å². The van der Waals surface area contributed by atoms with Gasteiger partial charge in [0.05, 0.1) is 6.10 Å². The Balaban J connectivity index is 1.65. The number of hydrogen-bond donors (Lipinski definition) is 2. The highest BCUT2D eigenvalue weighted by molar-refractivity contribution is 5.84. The van der Waals surface area contributed by atoms with Crippen molar-refractivity contribution in [2.45, 2.75) is 64.2 Å². The van der Waals surface area contributed by atoms with Gasteiger partial charge in [0.15, 0.2) is 0 Å². The van der Waals surface area contributed by atoms with Gasteiger partial charge >= 0.3 is 0 Å². The Bertz CT molecular complexity index is 778. The largest absolute Gasteiger partial charge is 0.365 e. The first-order valence-electron chi connectivity index (χ1n) is 9.21. The van der Waals surface area contributed by atoms with Crippen LogP contribution in [0, 0.1) is 0 Å². The Morgan fingerprint density at radius 1 is 1.28 bits per heavy atom. The lowest BCUT2D eigenvalue weighted by Crippen LogP contribution is -2.38. The number of hydrogen-bond acceptors (Lipinski definition) is 3. The van der Waals surface area contributed by atoms with Crippen molar-refractivity contribution in [1.82, 2.24) is 10.3 Å². The molecule has 1 aliphatic rings. The van der Waals surface area contributed by atoms with Crippen LogP contribution in [0.3, 0.4) is 0 Å². The summed E-state index contributed by atoms with van der Waals surface area (Å²) in [6, 6.07) is 9.16. The third-order valence-corrected chi connectivity index (χ3v) is 4.86.